The molecule has 3 aromatic rings. The molecule has 29 heavy (non-hydrogen) atoms. The Hall–Kier alpha value is -3.04. The van der Waals surface area contributed by atoms with Crippen molar-refractivity contribution in [1.29, 1.82) is 0 Å². The molecule has 0 atom stereocenters. The van der Waals surface area contributed by atoms with Crippen molar-refractivity contribution in [3.63, 3.8) is 0 Å². The molecule has 2 aromatic carbocycles. The minimum Gasteiger partial charge on any atom is -0.457 e. The number of carbonyl (C=O) groups excluding carboxylic acids is 1. The molecular formula is C19H13ClF2N2O4S. The summed E-state index contributed by atoms with van der Waals surface area (Å²) in [6.07, 6.45) is 0.993. The van der Waals surface area contributed by atoms with E-state index in [1.807, 2.05) is 4.72 Å². The van der Waals surface area contributed by atoms with Crippen LogP contribution in [0.5, 0.6) is 0 Å². The van der Waals surface area contributed by atoms with Crippen molar-refractivity contribution in [3.05, 3.63) is 88.7 Å². The molecule has 0 aliphatic carbocycles. The van der Waals surface area contributed by atoms with Gasteiger partial charge in [-0.05, 0) is 29.8 Å². The number of rotatable bonds is 6. The third-order valence-electron chi connectivity index (χ3n) is 3.72. The zero-order chi connectivity index (χ0) is 21.0. The number of benzene rings is 2. The normalized spacial score (nSPS) is 11.1. The van der Waals surface area contributed by atoms with Crippen LogP contribution >= 0.6 is 11.6 Å². The summed E-state index contributed by atoms with van der Waals surface area (Å²) < 4.78 is 60.1. The fourth-order valence-corrected chi connectivity index (χ4v) is 3.45. The summed E-state index contributed by atoms with van der Waals surface area (Å²) >= 11 is 5.61. The van der Waals surface area contributed by atoms with Crippen LogP contribution in [0.1, 0.15) is 15.9 Å². The number of carbonyl (C=O) groups is 1. The van der Waals surface area contributed by atoms with E-state index in [1.165, 1.54) is 12.1 Å². The molecule has 1 heterocycles. The Morgan fingerprint density at radius 3 is 2.31 bits per heavy atom. The van der Waals surface area contributed by atoms with Crippen LogP contribution in [-0.4, -0.2) is 19.4 Å². The third-order valence-corrected chi connectivity index (χ3v) is 5.31. The predicted molar refractivity (Wildman–Crippen MR) is 102 cm³/mol. The number of hydrogen-bond acceptors (Lipinski definition) is 5. The number of esters is 1. The second-order valence-electron chi connectivity index (χ2n) is 5.80. The van der Waals surface area contributed by atoms with Gasteiger partial charge >= 0.3 is 5.97 Å². The van der Waals surface area contributed by atoms with E-state index in [-0.39, 0.29) is 16.7 Å². The molecule has 0 bridgehead atoms. The van der Waals surface area contributed by atoms with Gasteiger partial charge in [-0.2, -0.15) is 0 Å². The van der Waals surface area contributed by atoms with Gasteiger partial charge in [0, 0.05) is 6.20 Å². The Morgan fingerprint density at radius 2 is 1.72 bits per heavy atom. The van der Waals surface area contributed by atoms with Gasteiger partial charge in [0.05, 0.1) is 5.69 Å². The van der Waals surface area contributed by atoms with Crippen molar-refractivity contribution >= 4 is 33.3 Å². The first-order valence-corrected chi connectivity index (χ1v) is 9.97. The molecule has 0 saturated heterocycles. The molecule has 0 saturated carbocycles. The lowest BCUT2D eigenvalue weighted by molar-refractivity contribution is 0.0461. The number of nitrogens with zero attached hydrogens (tertiary/aromatic N) is 1. The van der Waals surface area contributed by atoms with E-state index in [4.69, 9.17) is 16.3 Å². The third kappa shape index (κ3) is 5.07. The van der Waals surface area contributed by atoms with Crippen molar-refractivity contribution in [2.45, 2.75) is 11.5 Å². The molecule has 1 N–H and O–H groups in total. The average molecular weight is 439 g/mol. The number of pyridine rings is 1. The summed E-state index contributed by atoms with van der Waals surface area (Å²) in [5.74, 6) is -3.75. The molecule has 0 fully saturated rings. The molecule has 0 amide bonds. The minimum atomic E-state index is -4.16. The molecule has 1 aromatic heterocycles. The molecule has 0 unspecified atom stereocenters. The van der Waals surface area contributed by atoms with Crippen LogP contribution in [0.4, 0.5) is 14.5 Å². The smallest absolute Gasteiger partial charge is 0.344 e. The number of anilines is 1. The summed E-state index contributed by atoms with van der Waals surface area (Å²) in [5, 5.41) is 0.0828. The van der Waals surface area contributed by atoms with Gasteiger partial charge in [0.15, 0.2) is 0 Å². The number of sulfonamides is 1. The van der Waals surface area contributed by atoms with Gasteiger partial charge in [0.1, 0.15) is 33.9 Å². The van der Waals surface area contributed by atoms with Gasteiger partial charge in [-0.25, -0.2) is 27.0 Å². The highest BCUT2D eigenvalue weighted by molar-refractivity contribution is 7.92. The summed E-state index contributed by atoms with van der Waals surface area (Å²) in [6.45, 7) is -0.170. The van der Waals surface area contributed by atoms with Gasteiger partial charge in [-0.1, -0.05) is 41.9 Å². The van der Waals surface area contributed by atoms with Crippen molar-refractivity contribution < 1.29 is 26.7 Å². The van der Waals surface area contributed by atoms with Crippen LogP contribution in [-0.2, 0) is 21.4 Å². The van der Waals surface area contributed by atoms with E-state index in [1.54, 1.807) is 30.3 Å². The molecular weight excluding hydrogens is 426 g/mol. The van der Waals surface area contributed by atoms with Crippen molar-refractivity contribution in [3.8, 4) is 0 Å². The highest BCUT2D eigenvalue weighted by atomic mass is 35.5. The number of hydrogen-bond donors (Lipinski definition) is 1. The van der Waals surface area contributed by atoms with Gasteiger partial charge in [-0.3, -0.25) is 4.72 Å². The first-order valence-electron chi connectivity index (χ1n) is 8.11. The first kappa shape index (κ1) is 20.7. The minimum absolute atomic E-state index is 0.0828. The average Bonchev–Trinajstić information content (AvgIpc) is 2.66. The van der Waals surface area contributed by atoms with E-state index >= 15 is 0 Å². The molecule has 150 valence electrons. The van der Waals surface area contributed by atoms with Crippen LogP contribution in [0, 0.1) is 11.6 Å². The Bertz CT molecular complexity index is 1120. The maximum Gasteiger partial charge on any atom is 0.344 e. The fourth-order valence-electron chi connectivity index (χ4n) is 2.36. The topological polar surface area (TPSA) is 85.4 Å². The standard InChI is InChI=1S/C19H13ClF2N2O4S/c20-17-7-6-14(10-23-17)29(26,27)24-13-8-15(21)18(16(22)9-13)19(25)28-11-12-4-2-1-3-5-12/h1-10,24H,11H2. The Balaban J connectivity index is 1.78. The van der Waals surface area contributed by atoms with E-state index in [2.05, 4.69) is 4.98 Å². The second-order valence-corrected chi connectivity index (χ2v) is 7.87. The molecule has 0 aliphatic rings. The van der Waals surface area contributed by atoms with E-state index in [9.17, 15) is 22.0 Å². The Labute approximate surface area is 170 Å². The van der Waals surface area contributed by atoms with Crippen LogP contribution < -0.4 is 4.72 Å². The molecule has 6 nitrogen and oxygen atoms in total. The summed E-state index contributed by atoms with van der Waals surface area (Å²) in [7, 11) is -4.16. The van der Waals surface area contributed by atoms with Crippen molar-refractivity contribution in [1.82, 2.24) is 4.98 Å². The van der Waals surface area contributed by atoms with Crippen molar-refractivity contribution in [2.75, 3.05) is 4.72 Å². The van der Waals surface area contributed by atoms with Crippen LogP contribution in [0.25, 0.3) is 0 Å². The lowest BCUT2D eigenvalue weighted by Crippen LogP contribution is -2.15. The molecule has 3 rings (SSSR count). The number of ether oxygens (including phenoxy) is 1. The number of halogens is 3. The lowest BCUT2D eigenvalue weighted by atomic mass is 10.2. The Morgan fingerprint density at radius 1 is 1.07 bits per heavy atom. The van der Waals surface area contributed by atoms with Crippen molar-refractivity contribution in [2.24, 2.45) is 0 Å². The highest BCUT2D eigenvalue weighted by Gasteiger charge is 2.22. The van der Waals surface area contributed by atoms with Gasteiger partial charge in [0.2, 0.25) is 0 Å². The summed E-state index contributed by atoms with van der Waals surface area (Å²) in [4.78, 5) is 15.4. The summed E-state index contributed by atoms with van der Waals surface area (Å²) in [5.41, 5.74) is -0.686. The monoisotopic (exact) mass is 438 g/mol. The largest absolute Gasteiger partial charge is 0.457 e. The number of nitrogens with one attached hydrogen (secondary N) is 1. The van der Waals surface area contributed by atoms with Gasteiger partial charge in [0.25, 0.3) is 10.0 Å². The molecule has 0 radical (unpaired) electrons. The highest BCUT2D eigenvalue weighted by Crippen LogP contribution is 2.23. The Kier molecular flexibility index (Phi) is 6.09. The van der Waals surface area contributed by atoms with E-state index in [0.29, 0.717) is 17.7 Å². The van der Waals surface area contributed by atoms with Gasteiger partial charge < -0.3 is 4.74 Å². The molecule has 0 aliphatic heterocycles. The molecule has 0 spiro atoms. The maximum absolute atomic E-state index is 14.3. The van der Waals surface area contributed by atoms with Crippen LogP contribution in [0.15, 0.2) is 65.7 Å². The predicted octanol–water partition coefficient (Wildman–Crippen LogP) is 4.17. The molecule has 10 heteroatoms. The quantitative estimate of drug-likeness (QED) is 0.461. The number of aromatic nitrogens is 1. The lowest BCUT2D eigenvalue weighted by Gasteiger charge is -2.11. The zero-order valence-electron chi connectivity index (χ0n) is 14.6. The van der Waals surface area contributed by atoms with E-state index < -0.39 is 38.9 Å². The van der Waals surface area contributed by atoms with E-state index in [0.717, 1.165) is 6.20 Å². The maximum atomic E-state index is 14.3. The SMILES string of the molecule is O=C(OCc1ccccc1)c1c(F)cc(NS(=O)(=O)c2ccc(Cl)nc2)cc1F. The zero-order valence-corrected chi connectivity index (χ0v) is 16.2. The second kappa shape index (κ2) is 8.54. The first-order chi connectivity index (χ1) is 13.8. The van der Waals surface area contributed by atoms with Crippen LogP contribution in [0.2, 0.25) is 5.15 Å². The summed E-state index contributed by atoms with van der Waals surface area (Å²) in [6, 6.07) is 12.4. The van der Waals surface area contributed by atoms with Gasteiger partial charge in [-0.15, -0.1) is 0 Å². The fraction of sp³-hybridized carbons (Fsp3) is 0.0526. The van der Waals surface area contributed by atoms with Crippen LogP contribution in [0.3, 0.4) is 0 Å².